The van der Waals surface area contributed by atoms with E-state index >= 15 is 0 Å². The van der Waals surface area contributed by atoms with Crippen LogP contribution in [0.5, 0.6) is 0 Å². The normalized spacial score (nSPS) is 18.9. The summed E-state index contributed by atoms with van der Waals surface area (Å²) >= 11 is 1.80. The van der Waals surface area contributed by atoms with Gasteiger partial charge in [0, 0.05) is 43.4 Å². The van der Waals surface area contributed by atoms with Gasteiger partial charge in [-0.15, -0.1) is 11.8 Å². The van der Waals surface area contributed by atoms with Crippen molar-refractivity contribution >= 4 is 29.3 Å². The number of thioether (sulfide) groups is 1. The molecule has 1 saturated heterocycles. The fourth-order valence-electron chi connectivity index (χ4n) is 3.66. The van der Waals surface area contributed by atoms with E-state index in [4.69, 9.17) is 4.42 Å². The zero-order chi connectivity index (χ0) is 18.8. The largest absolute Gasteiger partial charge is 0.472 e. The van der Waals surface area contributed by atoms with Gasteiger partial charge in [-0.1, -0.05) is 12.1 Å². The van der Waals surface area contributed by atoms with Crippen molar-refractivity contribution in [3.8, 4) is 0 Å². The topological polar surface area (TPSA) is 57.0 Å². The summed E-state index contributed by atoms with van der Waals surface area (Å²) in [7, 11) is 0. The van der Waals surface area contributed by atoms with Crippen molar-refractivity contribution in [1.82, 2.24) is 9.80 Å². The lowest BCUT2D eigenvalue weighted by atomic mass is 10.1. The highest BCUT2D eigenvalue weighted by molar-refractivity contribution is 7.99. The van der Waals surface area contributed by atoms with Gasteiger partial charge < -0.3 is 14.2 Å². The van der Waals surface area contributed by atoms with Gasteiger partial charge >= 0.3 is 0 Å². The van der Waals surface area contributed by atoms with Gasteiger partial charge in [0.15, 0.2) is 0 Å². The summed E-state index contributed by atoms with van der Waals surface area (Å²) in [5, 5.41) is 0. The number of nitrogens with zero attached hydrogens (tertiary/aromatic N) is 3. The average molecular weight is 385 g/mol. The van der Waals surface area contributed by atoms with Crippen LogP contribution in [0.15, 0.2) is 52.2 Å². The van der Waals surface area contributed by atoms with E-state index in [-0.39, 0.29) is 17.9 Å². The van der Waals surface area contributed by atoms with Crippen LogP contribution in [0.1, 0.15) is 17.3 Å². The van der Waals surface area contributed by atoms with Crippen LogP contribution < -0.4 is 4.90 Å². The molecule has 0 aliphatic carbocycles. The molecule has 7 heteroatoms. The van der Waals surface area contributed by atoms with E-state index in [1.54, 1.807) is 17.8 Å². The number of benzene rings is 1. The van der Waals surface area contributed by atoms with Crippen LogP contribution in [-0.2, 0) is 4.79 Å². The lowest BCUT2D eigenvalue weighted by Gasteiger charge is -2.39. The molecule has 1 atom stereocenters. The molecule has 6 nitrogen and oxygen atoms in total. The molecule has 2 aliphatic heterocycles. The van der Waals surface area contributed by atoms with E-state index in [0.717, 1.165) is 18.0 Å². The van der Waals surface area contributed by atoms with Crippen LogP contribution in [0.3, 0.4) is 0 Å². The smallest absolute Gasteiger partial charge is 0.257 e. The van der Waals surface area contributed by atoms with Gasteiger partial charge in [-0.3, -0.25) is 14.5 Å². The minimum Gasteiger partial charge on any atom is -0.472 e. The fraction of sp³-hybridized carbons (Fsp3) is 0.400. The number of amides is 2. The third-order valence-electron chi connectivity index (χ3n) is 5.27. The number of carbonyl (C=O) groups excluding carboxylic acids is 2. The molecule has 2 amide bonds. The number of para-hydroxylation sites is 1. The summed E-state index contributed by atoms with van der Waals surface area (Å²) in [6.45, 7) is 5.34. The van der Waals surface area contributed by atoms with E-state index in [1.807, 2.05) is 34.9 Å². The van der Waals surface area contributed by atoms with Gasteiger partial charge in [0.25, 0.3) is 5.91 Å². The molecule has 4 rings (SSSR count). The Labute approximate surface area is 163 Å². The maximum absolute atomic E-state index is 13.1. The van der Waals surface area contributed by atoms with Crippen molar-refractivity contribution in [3.05, 3.63) is 48.4 Å². The minimum atomic E-state index is -0.202. The van der Waals surface area contributed by atoms with Crippen LogP contribution in [0.4, 0.5) is 5.69 Å². The first-order valence-corrected chi connectivity index (χ1v) is 10.2. The Morgan fingerprint density at radius 3 is 2.59 bits per heavy atom. The van der Waals surface area contributed by atoms with Gasteiger partial charge in [-0.05, 0) is 25.1 Å². The maximum Gasteiger partial charge on any atom is 0.257 e. The predicted molar refractivity (Wildman–Crippen MR) is 105 cm³/mol. The first-order chi connectivity index (χ1) is 13.1. The Bertz CT molecular complexity index is 816. The van der Waals surface area contributed by atoms with Gasteiger partial charge in [0.05, 0.1) is 23.6 Å². The van der Waals surface area contributed by atoms with E-state index < -0.39 is 0 Å². The zero-order valence-corrected chi connectivity index (χ0v) is 16.2. The van der Waals surface area contributed by atoms with Gasteiger partial charge in [0.1, 0.15) is 6.26 Å². The monoisotopic (exact) mass is 385 g/mol. The Morgan fingerprint density at radius 2 is 1.85 bits per heavy atom. The van der Waals surface area contributed by atoms with Gasteiger partial charge in [-0.2, -0.15) is 0 Å². The molecule has 0 spiro atoms. The van der Waals surface area contributed by atoms with Crippen molar-refractivity contribution in [2.24, 2.45) is 0 Å². The Hall–Kier alpha value is -2.25. The molecule has 0 saturated carbocycles. The molecule has 0 radical (unpaired) electrons. The lowest BCUT2D eigenvalue weighted by Crippen LogP contribution is -2.56. The standard InChI is InChI=1S/C20H23N3O3S/c1-15(19(24)23-11-13-27-18-5-3-2-4-17(18)23)21-7-9-22(10-8-21)20(25)16-6-12-26-14-16/h2-6,12,14-15H,7-11,13H2,1H3. The molecule has 2 aromatic rings. The van der Waals surface area contributed by atoms with Crippen molar-refractivity contribution in [3.63, 3.8) is 0 Å². The number of rotatable bonds is 3. The van der Waals surface area contributed by atoms with Gasteiger partial charge in [0.2, 0.25) is 5.91 Å². The maximum atomic E-state index is 13.1. The molecule has 1 fully saturated rings. The summed E-state index contributed by atoms with van der Waals surface area (Å²) < 4.78 is 5.00. The Kier molecular flexibility index (Phi) is 5.22. The summed E-state index contributed by atoms with van der Waals surface area (Å²) in [5.74, 6) is 1.05. The van der Waals surface area contributed by atoms with Gasteiger partial charge in [-0.25, -0.2) is 0 Å². The highest BCUT2D eigenvalue weighted by Gasteiger charge is 2.32. The molecule has 2 aliphatic rings. The molecule has 142 valence electrons. The summed E-state index contributed by atoms with van der Waals surface area (Å²) in [4.78, 5) is 32.7. The Balaban J connectivity index is 1.39. The van der Waals surface area contributed by atoms with E-state index in [0.29, 0.717) is 31.7 Å². The first kappa shape index (κ1) is 18.1. The lowest BCUT2D eigenvalue weighted by molar-refractivity contribution is -0.123. The van der Waals surface area contributed by atoms with Crippen LogP contribution >= 0.6 is 11.8 Å². The highest BCUT2D eigenvalue weighted by Crippen LogP contribution is 2.34. The molecule has 27 heavy (non-hydrogen) atoms. The quantitative estimate of drug-likeness (QED) is 0.813. The van der Waals surface area contributed by atoms with Crippen molar-refractivity contribution in [1.29, 1.82) is 0 Å². The molecule has 0 N–H and O–H groups in total. The average Bonchev–Trinajstić information content (AvgIpc) is 3.27. The SMILES string of the molecule is CC(C(=O)N1CCSc2ccccc21)N1CCN(C(=O)c2ccoc2)CC1. The molecule has 3 heterocycles. The number of piperazine rings is 1. The second-order valence-electron chi connectivity index (χ2n) is 6.82. The summed E-state index contributed by atoms with van der Waals surface area (Å²) in [6.07, 6.45) is 2.99. The molecule has 1 unspecified atom stereocenters. The molecule has 0 bridgehead atoms. The predicted octanol–water partition coefficient (Wildman–Crippen LogP) is 2.56. The Morgan fingerprint density at radius 1 is 1.07 bits per heavy atom. The minimum absolute atomic E-state index is 0.00985. The third-order valence-corrected chi connectivity index (χ3v) is 6.31. The summed E-state index contributed by atoms with van der Waals surface area (Å²) in [5.41, 5.74) is 1.59. The van der Waals surface area contributed by atoms with Crippen LogP contribution in [-0.4, -0.2) is 66.1 Å². The summed E-state index contributed by atoms with van der Waals surface area (Å²) in [6, 6.07) is 9.58. The number of anilines is 1. The van der Waals surface area contributed by atoms with Crippen molar-refractivity contribution in [2.75, 3.05) is 43.4 Å². The zero-order valence-electron chi connectivity index (χ0n) is 15.3. The van der Waals surface area contributed by atoms with E-state index in [9.17, 15) is 9.59 Å². The second-order valence-corrected chi connectivity index (χ2v) is 7.96. The first-order valence-electron chi connectivity index (χ1n) is 9.24. The van der Waals surface area contributed by atoms with E-state index in [1.165, 1.54) is 17.4 Å². The molecule has 1 aromatic carbocycles. The number of fused-ring (bicyclic) bond motifs is 1. The van der Waals surface area contributed by atoms with Crippen molar-refractivity contribution < 1.29 is 14.0 Å². The second kappa shape index (κ2) is 7.78. The molecule has 1 aromatic heterocycles. The number of hydrogen-bond donors (Lipinski definition) is 0. The van der Waals surface area contributed by atoms with Crippen LogP contribution in [0.25, 0.3) is 0 Å². The van der Waals surface area contributed by atoms with E-state index in [2.05, 4.69) is 11.0 Å². The fourth-order valence-corrected chi connectivity index (χ4v) is 4.66. The number of carbonyl (C=O) groups is 2. The van der Waals surface area contributed by atoms with Crippen LogP contribution in [0.2, 0.25) is 0 Å². The van der Waals surface area contributed by atoms with Crippen LogP contribution in [0, 0.1) is 0 Å². The number of hydrogen-bond acceptors (Lipinski definition) is 5. The number of furan rings is 1. The molecular weight excluding hydrogens is 362 g/mol. The highest BCUT2D eigenvalue weighted by atomic mass is 32.2. The third kappa shape index (κ3) is 3.61. The molecular formula is C20H23N3O3S. The van der Waals surface area contributed by atoms with Crippen molar-refractivity contribution in [2.45, 2.75) is 17.9 Å².